The minimum absolute atomic E-state index is 0.211. The number of nitrogens with one attached hydrogen (secondary N) is 1. The maximum atomic E-state index is 9.55. The predicted octanol–water partition coefficient (Wildman–Crippen LogP) is 2.80. The van der Waals surface area contributed by atoms with Gasteiger partial charge in [-0.2, -0.15) is 0 Å². The molecule has 0 amide bonds. The molecule has 1 atom stereocenters. The molecule has 94 valence electrons. The van der Waals surface area contributed by atoms with Crippen molar-refractivity contribution >= 4 is 5.69 Å². The summed E-state index contributed by atoms with van der Waals surface area (Å²) in [4.78, 5) is 8.01. The molecule has 1 aliphatic rings. The number of nitrogen functional groups attached to an aromatic ring is 1. The summed E-state index contributed by atoms with van der Waals surface area (Å²) in [7, 11) is 0. The van der Waals surface area contributed by atoms with Crippen LogP contribution in [0.25, 0.3) is 11.4 Å². The molecular formula is C14H17N3O. The quantitative estimate of drug-likeness (QED) is 0.561. The third-order valence-electron chi connectivity index (χ3n) is 3.73. The van der Waals surface area contributed by atoms with E-state index in [1.165, 1.54) is 17.8 Å². The van der Waals surface area contributed by atoms with E-state index in [-0.39, 0.29) is 5.75 Å². The van der Waals surface area contributed by atoms with Crippen LogP contribution in [0, 0.1) is 0 Å². The van der Waals surface area contributed by atoms with E-state index in [9.17, 15) is 5.11 Å². The number of aromatic nitrogens is 2. The van der Waals surface area contributed by atoms with Gasteiger partial charge in [0.2, 0.25) is 0 Å². The van der Waals surface area contributed by atoms with E-state index in [0.717, 1.165) is 24.2 Å². The van der Waals surface area contributed by atoms with Gasteiger partial charge in [-0.1, -0.05) is 6.92 Å². The Morgan fingerprint density at radius 2 is 2.33 bits per heavy atom. The number of benzene rings is 1. The molecule has 4 N–H and O–H groups in total. The first-order valence-corrected chi connectivity index (χ1v) is 6.36. The monoisotopic (exact) mass is 243 g/mol. The normalized spacial score (nSPS) is 17.9. The highest BCUT2D eigenvalue weighted by Gasteiger charge is 2.25. The molecule has 0 saturated carbocycles. The smallest absolute Gasteiger partial charge is 0.140 e. The Kier molecular flexibility index (Phi) is 2.51. The number of aromatic amines is 1. The Bertz CT molecular complexity index is 589. The van der Waals surface area contributed by atoms with Crippen LogP contribution in [0.15, 0.2) is 18.2 Å². The van der Waals surface area contributed by atoms with Gasteiger partial charge in [-0.05, 0) is 37.5 Å². The molecule has 0 fully saturated rings. The van der Waals surface area contributed by atoms with Crippen molar-refractivity contribution in [1.82, 2.24) is 9.97 Å². The van der Waals surface area contributed by atoms with Crippen molar-refractivity contribution in [2.45, 2.75) is 32.1 Å². The SMILES string of the molecule is CCC1CCc2[nH]c(-c3cc(O)ccc3N)nc21. The van der Waals surface area contributed by atoms with E-state index in [2.05, 4.69) is 16.9 Å². The second kappa shape index (κ2) is 4.05. The standard InChI is InChI=1S/C14H17N3O/c1-2-8-3-6-12-13(8)17-14(16-12)10-7-9(18)4-5-11(10)15/h4-5,7-8,18H,2-3,6,15H2,1H3,(H,16,17). The third kappa shape index (κ3) is 1.65. The average molecular weight is 243 g/mol. The number of anilines is 1. The molecule has 0 radical (unpaired) electrons. The fraction of sp³-hybridized carbons (Fsp3) is 0.357. The number of phenols is 1. The van der Waals surface area contributed by atoms with Crippen molar-refractivity contribution in [2.24, 2.45) is 0 Å². The number of hydrogen-bond donors (Lipinski definition) is 3. The number of phenolic OH excluding ortho intramolecular Hbond substituents is 1. The second-order valence-corrected chi connectivity index (χ2v) is 4.86. The summed E-state index contributed by atoms with van der Waals surface area (Å²) in [6.45, 7) is 2.19. The van der Waals surface area contributed by atoms with Gasteiger partial charge in [-0.25, -0.2) is 4.98 Å². The molecule has 0 saturated heterocycles. The van der Waals surface area contributed by atoms with Crippen LogP contribution in [0.3, 0.4) is 0 Å². The first-order valence-electron chi connectivity index (χ1n) is 6.36. The highest BCUT2D eigenvalue weighted by molar-refractivity contribution is 5.73. The van der Waals surface area contributed by atoms with Gasteiger partial charge in [-0.15, -0.1) is 0 Å². The van der Waals surface area contributed by atoms with Crippen molar-refractivity contribution in [2.75, 3.05) is 5.73 Å². The molecule has 4 nitrogen and oxygen atoms in total. The maximum absolute atomic E-state index is 9.55. The van der Waals surface area contributed by atoms with Gasteiger partial charge in [0.05, 0.1) is 5.69 Å². The zero-order valence-electron chi connectivity index (χ0n) is 10.4. The van der Waals surface area contributed by atoms with Crippen LogP contribution in [-0.4, -0.2) is 15.1 Å². The zero-order chi connectivity index (χ0) is 12.7. The number of hydrogen-bond acceptors (Lipinski definition) is 3. The molecule has 3 rings (SSSR count). The molecule has 0 bridgehead atoms. The third-order valence-corrected chi connectivity index (χ3v) is 3.73. The largest absolute Gasteiger partial charge is 0.508 e. The van der Waals surface area contributed by atoms with Crippen molar-refractivity contribution in [3.63, 3.8) is 0 Å². The van der Waals surface area contributed by atoms with Crippen LogP contribution >= 0.6 is 0 Å². The summed E-state index contributed by atoms with van der Waals surface area (Å²) in [5.74, 6) is 1.54. The Hall–Kier alpha value is -1.97. The molecule has 1 aromatic carbocycles. The summed E-state index contributed by atoms with van der Waals surface area (Å²) >= 11 is 0. The summed E-state index contributed by atoms with van der Waals surface area (Å²) in [5, 5.41) is 9.55. The van der Waals surface area contributed by atoms with E-state index >= 15 is 0 Å². The Balaban J connectivity index is 2.06. The predicted molar refractivity (Wildman–Crippen MR) is 71.5 cm³/mol. The minimum Gasteiger partial charge on any atom is -0.508 e. The average Bonchev–Trinajstić information content (AvgIpc) is 2.91. The lowest BCUT2D eigenvalue weighted by atomic mass is 10.0. The van der Waals surface area contributed by atoms with Gasteiger partial charge in [0, 0.05) is 22.9 Å². The molecule has 2 aromatic rings. The van der Waals surface area contributed by atoms with Gasteiger partial charge in [0.15, 0.2) is 0 Å². The van der Waals surface area contributed by atoms with Gasteiger partial charge >= 0.3 is 0 Å². The van der Waals surface area contributed by atoms with Gasteiger partial charge in [0.1, 0.15) is 11.6 Å². The number of rotatable bonds is 2. The fourth-order valence-corrected chi connectivity index (χ4v) is 2.68. The summed E-state index contributed by atoms with van der Waals surface area (Å²) in [6, 6.07) is 4.95. The van der Waals surface area contributed by atoms with E-state index in [0.29, 0.717) is 11.6 Å². The lowest BCUT2D eigenvalue weighted by Crippen LogP contribution is -1.94. The lowest BCUT2D eigenvalue weighted by Gasteiger charge is -2.05. The Morgan fingerprint density at radius 1 is 1.50 bits per heavy atom. The first kappa shape index (κ1) is 11.1. The Labute approximate surface area is 106 Å². The number of imidazole rings is 1. The summed E-state index contributed by atoms with van der Waals surface area (Å²) < 4.78 is 0. The van der Waals surface area contributed by atoms with Crippen LogP contribution in [0.1, 0.15) is 37.1 Å². The molecule has 1 heterocycles. The molecule has 1 unspecified atom stereocenters. The molecule has 4 heteroatoms. The first-order chi connectivity index (χ1) is 8.69. The number of aryl methyl sites for hydroxylation is 1. The highest BCUT2D eigenvalue weighted by Crippen LogP contribution is 2.36. The van der Waals surface area contributed by atoms with Gasteiger partial charge < -0.3 is 15.8 Å². The number of H-pyrrole nitrogens is 1. The topological polar surface area (TPSA) is 74.9 Å². The van der Waals surface area contributed by atoms with Crippen LogP contribution in [0.4, 0.5) is 5.69 Å². The van der Waals surface area contributed by atoms with Crippen LogP contribution in [0.2, 0.25) is 0 Å². The van der Waals surface area contributed by atoms with Gasteiger partial charge in [0.25, 0.3) is 0 Å². The Morgan fingerprint density at radius 3 is 3.11 bits per heavy atom. The van der Waals surface area contributed by atoms with Crippen LogP contribution in [0.5, 0.6) is 5.75 Å². The molecule has 0 spiro atoms. The van der Waals surface area contributed by atoms with Crippen molar-refractivity contribution in [3.05, 3.63) is 29.6 Å². The summed E-state index contributed by atoms with van der Waals surface area (Å²) in [5.41, 5.74) is 9.74. The second-order valence-electron chi connectivity index (χ2n) is 4.86. The van der Waals surface area contributed by atoms with Crippen LogP contribution in [-0.2, 0) is 6.42 Å². The number of fused-ring (bicyclic) bond motifs is 1. The summed E-state index contributed by atoms with van der Waals surface area (Å²) in [6.07, 6.45) is 3.35. The zero-order valence-corrected chi connectivity index (χ0v) is 10.4. The van der Waals surface area contributed by atoms with Crippen molar-refractivity contribution in [1.29, 1.82) is 0 Å². The molecule has 1 aromatic heterocycles. The van der Waals surface area contributed by atoms with Crippen LogP contribution < -0.4 is 5.73 Å². The van der Waals surface area contributed by atoms with E-state index < -0.39 is 0 Å². The van der Waals surface area contributed by atoms with E-state index in [4.69, 9.17) is 5.73 Å². The number of nitrogens with zero attached hydrogens (tertiary/aromatic N) is 1. The fourth-order valence-electron chi connectivity index (χ4n) is 2.68. The maximum Gasteiger partial charge on any atom is 0.140 e. The number of nitrogens with two attached hydrogens (primary N) is 1. The molecule has 1 aliphatic carbocycles. The van der Waals surface area contributed by atoms with E-state index in [1.54, 1.807) is 18.2 Å². The molecule has 18 heavy (non-hydrogen) atoms. The molecular weight excluding hydrogens is 226 g/mol. The van der Waals surface area contributed by atoms with E-state index in [1.807, 2.05) is 0 Å². The highest BCUT2D eigenvalue weighted by atomic mass is 16.3. The number of aromatic hydroxyl groups is 1. The molecule has 0 aliphatic heterocycles. The minimum atomic E-state index is 0.211. The van der Waals surface area contributed by atoms with Crippen molar-refractivity contribution in [3.8, 4) is 17.1 Å². The van der Waals surface area contributed by atoms with Crippen molar-refractivity contribution < 1.29 is 5.11 Å². The van der Waals surface area contributed by atoms with Gasteiger partial charge in [-0.3, -0.25) is 0 Å². The lowest BCUT2D eigenvalue weighted by molar-refractivity contribution is 0.475.